The number of H-pyrrole nitrogens is 1. The minimum Gasteiger partial charge on any atom is -0.322 e. The molecule has 0 saturated heterocycles. The Kier molecular flexibility index (Phi) is 5.60. The van der Waals surface area contributed by atoms with Crippen molar-refractivity contribution in [3.05, 3.63) is 86.5 Å². The Labute approximate surface area is 199 Å². The summed E-state index contributed by atoms with van der Waals surface area (Å²) in [6.45, 7) is 12.1. The van der Waals surface area contributed by atoms with Gasteiger partial charge in [0, 0.05) is 29.6 Å². The Bertz CT molecular complexity index is 1420. The van der Waals surface area contributed by atoms with Crippen molar-refractivity contribution < 1.29 is 0 Å². The van der Waals surface area contributed by atoms with E-state index in [1.165, 1.54) is 11.1 Å². The third-order valence-electron chi connectivity index (χ3n) is 7.34. The molecule has 2 aromatic heterocycles. The number of nitrogens with one attached hydrogen (secondary N) is 1. The number of rotatable bonds is 5. The van der Waals surface area contributed by atoms with Gasteiger partial charge in [-0.15, -0.1) is 5.10 Å². The molecule has 1 atom stereocenters. The number of aryl methyl sites for hydroxylation is 2. The first-order valence-corrected chi connectivity index (χ1v) is 12.0. The van der Waals surface area contributed by atoms with E-state index in [0.717, 1.165) is 48.0 Å². The van der Waals surface area contributed by atoms with E-state index in [9.17, 15) is 4.79 Å². The highest BCUT2D eigenvalue weighted by Gasteiger charge is 2.35. The summed E-state index contributed by atoms with van der Waals surface area (Å²) in [7, 11) is 0. The third kappa shape index (κ3) is 3.84. The van der Waals surface area contributed by atoms with Crippen molar-refractivity contribution in [3.8, 4) is 0 Å². The van der Waals surface area contributed by atoms with Crippen LogP contribution in [0.15, 0.2) is 47.3 Å². The van der Waals surface area contributed by atoms with Crippen LogP contribution in [0.4, 0.5) is 0 Å². The highest BCUT2D eigenvalue weighted by Crippen LogP contribution is 2.34. The molecule has 0 spiro atoms. The fourth-order valence-corrected chi connectivity index (χ4v) is 5.07. The number of aromatic nitrogens is 5. The number of hydrogen-bond acceptors (Lipinski definition) is 5. The Morgan fingerprint density at radius 2 is 1.88 bits per heavy atom. The molecule has 2 aromatic carbocycles. The molecule has 7 nitrogen and oxygen atoms in total. The first-order valence-electron chi connectivity index (χ1n) is 12.0. The van der Waals surface area contributed by atoms with Gasteiger partial charge in [0.15, 0.2) is 5.82 Å². The van der Waals surface area contributed by atoms with E-state index < -0.39 is 0 Å². The summed E-state index contributed by atoms with van der Waals surface area (Å²) in [5, 5.41) is 14.0. The average molecular weight is 457 g/mol. The molecule has 0 unspecified atom stereocenters. The molecule has 3 heterocycles. The molecule has 1 aliphatic rings. The van der Waals surface area contributed by atoms with Gasteiger partial charge in [0.25, 0.3) is 5.56 Å². The highest BCUT2D eigenvalue weighted by molar-refractivity contribution is 5.83. The monoisotopic (exact) mass is 456 g/mol. The predicted molar refractivity (Wildman–Crippen MR) is 134 cm³/mol. The Balaban J connectivity index is 1.71. The van der Waals surface area contributed by atoms with Gasteiger partial charge in [-0.05, 0) is 85.3 Å². The van der Waals surface area contributed by atoms with Crippen molar-refractivity contribution in [1.29, 1.82) is 0 Å². The van der Waals surface area contributed by atoms with E-state index in [0.29, 0.717) is 11.4 Å². The summed E-state index contributed by atoms with van der Waals surface area (Å²) in [5.74, 6) is 0.709. The number of fused-ring (bicyclic) bond motifs is 2. The SMILES string of the molecule is CCC(C)(C)n1nnnc1[C@@H](c1cc2c(C)cc(C)cc2[nH]c1=O)N1CCc2ccccc2C1. The van der Waals surface area contributed by atoms with Crippen LogP contribution in [0.25, 0.3) is 10.9 Å². The number of nitrogens with zero attached hydrogens (tertiary/aromatic N) is 5. The second-order valence-electron chi connectivity index (χ2n) is 10.1. The zero-order valence-electron chi connectivity index (χ0n) is 20.6. The summed E-state index contributed by atoms with van der Waals surface area (Å²) in [6, 6.07) is 14.4. The van der Waals surface area contributed by atoms with E-state index in [-0.39, 0.29) is 17.1 Å². The van der Waals surface area contributed by atoms with E-state index in [1.807, 2.05) is 23.7 Å². The van der Waals surface area contributed by atoms with Gasteiger partial charge in [-0.25, -0.2) is 4.68 Å². The van der Waals surface area contributed by atoms with Crippen molar-refractivity contribution in [2.24, 2.45) is 0 Å². The summed E-state index contributed by atoms with van der Waals surface area (Å²) >= 11 is 0. The minimum absolute atomic E-state index is 0.0924. The van der Waals surface area contributed by atoms with Crippen LogP contribution in [0.3, 0.4) is 0 Å². The van der Waals surface area contributed by atoms with E-state index >= 15 is 0 Å². The first-order chi connectivity index (χ1) is 16.3. The predicted octanol–water partition coefficient (Wildman–Crippen LogP) is 4.42. The lowest BCUT2D eigenvalue weighted by molar-refractivity contribution is 0.181. The third-order valence-corrected chi connectivity index (χ3v) is 7.34. The van der Waals surface area contributed by atoms with E-state index in [4.69, 9.17) is 0 Å². The van der Waals surface area contributed by atoms with Gasteiger partial charge in [0.05, 0.1) is 5.54 Å². The molecular formula is C27H32N6O. The molecule has 5 rings (SSSR count). The Morgan fingerprint density at radius 1 is 1.12 bits per heavy atom. The molecule has 34 heavy (non-hydrogen) atoms. The van der Waals surface area contributed by atoms with Crippen LogP contribution in [0.2, 0.25) is 0 Å². The molecule has 1 aliphatic heterocycles. The number of tetrazole rings is 1. The van der Waals surface area contributed by atoms with E-state index in [1.54, 1.807) is 0 Å². The number of benzene rings is 2. The van der Waals surface area contributed by atoms with Crippen LogP contribution in [-0.4, -0.2) is 36.6 Å². The number of pyridine rings is 1. The number of aromatic amines is 1. The van der Waals surface area contributed by atoms with Crippen molar-refractivity contribution in [1.82, 2.24) is 30.1 Å². The molecule has 4 aromatic rings. The van der Waals surface area contributed by atoms with Gasteiger partial charge < -0.3 is 4.98 Å². The summed E-state index contributed by atoms with van der Waals surface area (Å²) < 4.78 is 1.91. The smallest absolute Gasteiger partial charge is 0.253 e. The largest absolute Gasteiger partial charge is 0.322 e. The van der Waals surface area contributed by atoms with Crippen LogP contribution in [-0.2, 0) is 18.5 Å². The maximum absolute atomic E-state index is 13.6. The highest BCUT2D eigenvalue weighted by atomic mass is 16.1. The molecule has 1 N–H and O–H groups in total. The molecule has 176 valence electrons. The quantitative estimate of drug-likeness (QED) is 0.481. The fraction of sp³-hybridized carbons (Fsp3) is 0.407. The van der Waals surface area contributed by atoms with Crippen molar-refractivity contribution >= 4 is 10.9 Å². The van der Waals surface area contributed by atoms with Gasteiger partial charge in [-0.3, -0.25) is 9.69 Å². The normalized spacial score (nSPS) is 15.4. The molecule has 0 saturated carbocycles. The summed E-state index contributed by atoms with van der Waals surface area (Å²) in [5.41, 5.74) is 6.10. The van der Waals surface area contributed by atoms with E-state index in [2.05, 4.69) is 83.4 Å². The second kappa shape index (κ2) is 8.47. The molecule has 0 amide bonds. The van der Waals surface area contributed by atoms with Gasteiger partial charge in [0.1, 0.15) is 6.04 Å². The first kappa shape index (κ1) is 22.5. The van der Waals surface area contributed by atoms with Crippen molar-refractivity contribution in [2.75, 3.05) is 6.54 Å². The maximum atomic E-state index is 13.6. The lowest BCUT2D eigenvalue weighted by atomic mass is 9.94. The fourth-order valence-electron chi connectivity index (χ4n) is 5.07. The van der Waals surface area contributed by atoms with Gasteiger partial charge in [0.2, 0.25) is 0 Å². The van der Waals surface area contributed by atoms with Gasteiger partial charge in [-0.2, -0.15) is 0 Å². The lowest BCUT2D eigenvalue weighted by Crippen LogP contribution is -2.40. The molecule has 0 bridgehead atoms. The maximum Gasteiger partial charge on any atom is 0.253 e. The topological polar surface area (TPSA) is 79.7 Å². The summed E-state index contributed by atoms with van der Waals surface area (Å²) in [4.78, 5) is 19.0. The van der Waals surface area contributed by atoms with Gasteiger partial charge >= 0.3 is 0 Å². The van der Waals surface area contributed by atoms with Crippen molar-refractivity contribution in [2.45, 2.75) is 65.6 Å². The second-order valence-corrected chi connectivity index (χ2v) is 10.1. The summed E-state index contributed by atoms with van der Waals surface area (Å²) in [6.07, 6.45) is 1.79. The van der Waals surface area contributed by atoms with Crippen LogP contribution >= 0.6 is 0 Å². The Morgan fingerprint density at radius 3 is 2.65 bits per heavy atom. The zero-order valence-corrected chi connectivity index (χ0v) is 20.6. The van der Waals surface area contributed by atoms with Gasteiger partial charge in [-0.1, -0.05) is 37.3 Å². The lowest BCUT2D eigenvalue weighted by Gasteiger charge is -2.36. The minimum atomic E-state index is -0.358. The zero-order chi connectivity index (χ0) is 24.0. The van der Waals surface area contributed by atoms with Crippen LogP contribution in [0, 0.1) is 13.8 Å². The Hall–Kier alpha value is -3.32. The molecular weight excluding hydrogens is 424 g/mol. The van der Waals surface area contributed by atoms with Crippen LogP contribution in [0.1, 0.15) is 66.9 Å². The molecule has 7 heteroatoms. The van der Waals surface area contributed by atoms with Crippen molar-refractivity contribution in [3.63, 3.8) is 0 Å². The standard InChI is InChI=1S/C27H32N6O/c1-6-27(4,5)33-25(29-30-31-33)24(32-12-11-19-9-7-8-10-20(19)16-32)22-15-21-18(3)13-17(2)14-23(21)28-26(22)34/h7-10,13-15,24H,6,11-12,16H2,1-5H3,(H,28,34)/t24-/m1/s1. The molecule has 0 aliphatic carbocycles. The van der Waals surface area contributed by atoms with Crippen LogP contribution < -0.4 is 5.56 Å². The molecule has 0 fully saturated rings. The number of hydrogen-bond donors (Lipinski definition) is 1. The average Bonchev–Trinajstić information content (AvgIpc) is 3.30. The molecule has 0 radical (unpaired) electrons. The van der Waals surface area contributed by atoms with Crippen LogP contribution in [0.5, 0.6) is 0 Å².